The average molecular weight is 245 g/mol. The maximum atomic E-state index is 11.3. The number of hydrogen-bond donors (Lipinski definition) is 1. The summed E-state index contributed by atoms with van der Waals surface area (Å²) in [6.07, 6.45) is 1.30. The van der Waals surface area contributed by atoms with Crippen molar-refractivity contribution in [2.24, 2.45) is 5.92 Å². The molecule has 0 aliphatic heterocycles. The zero-order chi connectivity index (χ0) is 13.1. The first-order valence-corrected chi connectivity index (χ1v) is 6.49. The number of rotatable bonds is 10. The molecule has 0 radical (unpaired) electrons. The van der Waals surface area contributed by atoms with Gasteiger partial charge in [0.15, 0.2) is 0 Å². The highest BCUT2D eigenvalue weighted by Crippen LogP contribution is 1.94. The van der Waals surface area contributed by atoms with Crippen molar-refractivity contribution in [2.45, 2.75) is 46.6 Å². The molecule has 0 spiro atoms. The van der Waals surface area contributed by atoms with Crippen LogP contribution in [0.15, 0.2) is 0 Å². The van der Waals surface area contributed by atoms with Crippen LogP contribution in [-0.4, -0.2) is 38.4 Å². The van der Waals surface area contributed by atoms with Gasteiger partial charge in [-0.2, -0.15) is 0 Å². The summed E-state index contributed by atoms with van der Waals surface area (Å²) in [5, 5.41) is 3.26. The number of carbonyl (C=O) groups is 1. The highest BCUT2D eigenvalue weighted by molar-refractivity contribution is 5.69. The maximum Gasteiger partial charge on any atom is 0.305 e. The second kappa shape index (κ2) is 10.5. The van der Waals surface area contributed by atoms with Crippen molar-refractivity contribution >= 4 is 5.97 Å². The molecule has 0 aromatic carbocycles. The molecule has 1 N–H and O–H groups in total. The molecule has 0 fully saturated rings. The Kier molecular flexibility index (Phi) is 10.2. The van der Waals surface area contributed by atoms with Crippen molar-refractivity contribution in [1.82, 2.24) is 5.32 Å². The van der Waals surface area contributed by atoms with E-state index >= 15 is 0 Å². The third kappa shape index (κ3) is 13.3. The van der Waals surface area contributed by atoms with Crippen molar-refractivity contribution in [1.29, 1.82) is 0 Å². The minimum atomic E-state index is -0.135. The van der Waals surface area contributed by atoms with Crippen LogP contribution in [0.2, 0.25) is 0 Å². The van der Waals surface area contributed by atoms with Crippen LogP contribution in [-0.2, 0) is 14.3 Å². The van der Waals surface area contributed by atoms with Crippen molar-refractivity contribution < 1.29 is 14.3 Å². The lowest BCUT2D eigenvalue weighted by atomic mass is 10.2. The second-order valence-electron chi connectivity index (χ2n) is 4.90. The molecule has 0 aromatic heterocycles. The summed E-state index contributed by atoms with van der Waals surface area (Å²) in [6, 6.07) is 0.468. The SMILES string of the molecule is CC(C)COCCOC(=O)CCCNC(C)C. The van der Waals surface area contributed by atoms with E-state index in [9.17, 15) is 4.79 Å². The number of nitrogens with one attached hydrogen (secondary N) is 1. The van der Waals surface area contributed by atoms with Crippen molar-refractivity contribution in [3.8, 4) is 0 Å². The largest absolute Gasteiger partial charge is 0.463 e. The van der Waals surface area contributed by atoms with Crippen LogP contribution in [0.3, 0.4) is 0 Å². The van der Waals surface area contributed by atoms with Gasteiger partial charge in [-0.1, -0.05) is 27.7 Å². The van der Waals surface area contributed by atoms with E-state index in [4.69, 9.17) is 9.47 Å². The molecule has 102 valence electrons. The summed E-state index contributed by atoms with van der Waals surface area (Å²) < 4.78 is 10.4. The van der Waals surface area contributed by atoms with E-state index in [0.717, 1.165) is 19.6 Å². The van der Waals surface area contributed by atoms with Crippen LogP contribution in [0.25, 0.3) is 0 Å². The lowest BCUT2D eigenvalue weighted by Gasteiger charge is -2.09. The molecule has 0 aliphatic carbocycles. The first-order chi connectivity index (χ1) is 8.02. The molecule has 0 unspecified atom stereocenters. The summed E-state index contributed by atoms with van der Waals surface area (Å²) in [5.74, 6) is 0.386. The van der Waals surface area contributed by atoms with E-state index in [1.807, 2.05) is 0 Å². The summed E-state index contributed by atoms with van der Waals surface area (Å²) >= 11 is 0. The van der Waals surface area contributed by atoms with Crippen molar-refractivity contribution in [2.75, 3.05) is 26.4 Å². The molecule has 0 aromatic rings. The quantitative estimate of drug-likeness (QED) is 0.472. The number of ether oxygens (including phenoxy) is 2. The van der Waals surface area contributed by atoms with Gasteiger partial charge in [-0.3, -0.25) is 4.79 Å². The van der Waals surface area contributed by atoms with Crippen LogP contribution in [0.1, 0.15) is 40.5 Å². The molecule has 17 heavy (non-hydrogen) atoms. The van der Waals surface area contributed by atoms with E-state index in [-0.39, 0.29) is 5.97 Å². The molecule has 0 atom stereocenters. The Balaban J connectivity index is 3.23. The molecule has 4 heteroatoms. The number of hydrogen-bond acceptors (Lipinski definition) is 4. The highest BCUT2D eigenvalue weighted by atomic mass is 16.6. The molecule has 4 nitrogen and oxygen atoms in total. The molecule has 0 saturated carbocycles. The van der Waals surface area contributed by atoms with Crippen LogP contribution < -0.4 is 5.32 Å². The first-order valence-electron chi connectivity index (χ1n) is 6.49. The van der Waals surface area contributed by atoms with Gasteiger partial charge >= 0.3 is 5.97 Å². The van der Waals surface area contributed by atoms with E-state index in [0.29, 0.717) is 31.6 Å². The Morgan fingerprint density at radius 2 is 1.88 bits per heavy atom. The third-order valence-corrected chi connectivity index (χ3v) is 2.05. The molecule has 0 amide bonds. The Bertz CT molecular complexity index is 193. The fourth-order valence-corrected chi connectivity index (χ4v) is 1.23. The minimum Gasteiger partial charge on any atom is -0.463 e. The Morgan fingerprint density at radius 1 is 1.18 bits per heavy atom. The normalized spacial score (nSPS) is 11.2. The van der Waals surface area contributed by atoms with Gasteiger partial charge in [-0.05, 0) is 18.9 Å². The molecule has 0 bridgehead atoms. The monoisotopic (exact) mass is 245 g/mol. The van der Waals surface area contributed by atoms with Gasteiger partial charge in [0.25, 0.3) is 0 Å². The van der Waals surface area contributed by atoms with Crippen LogP contribution >= 0.6 is 0 Å². The second-order valence-corrected chi connectivity index (χ2v) is 4.90. The summed E-state index contributed by atoms with van der Waals surface area (Å²) in [6.45, 7) is 10.8. The van der Waals surface area contributed by atoms with Gasteiger partial charge in [0.1, 0.15) is 6.61 Å². The molecule has 0 rings (SSSR count). The van der Waals surface area contributed by atoms with Gasteiger partial charge in [-0.15, -0.1) is 0 Å². The van der Waals surface area contributed by atoms with E-state index in [2.05, 4.69) is 33.0 Å². The summed E-state index contributed by atoms with van der Waals surface area (Å²) in [4.78, 5) is 11.3. The molecular weight excluding hydrogens is 218 g/mol. The first kappa shape index (κ1) is 16.4. The minimum absolute atomic E-state index is 0.135. The Labute approximate surface area is 105 Å². The summed E-state index contributed by atoms with van der Waals surface area (Å²) in [5.41, 5.74) is 0. The van der Waals surface area contributed by atoms with Gasteiger partial charge in [0, 0.05) is 19.1 Å². The fraction of sp³-hybridized carbons (Fsp3) is 0.923. The molecular formula is C13H27NO3. The van der Waals surface area contributed by atoms with Gasteiger partial charge in [-0.25, -0.2) is 0 Å². The summed E-state index contributed by atoms with van der Waals surface area (Å²) in [7, 11) is 0. The predicted molar refractivity (Wildman–Crippen MR) is 69.0 cm³/mol. The molecule has 0 aliphatic rings. The van der Waals surface area contributed by atoms with Crippen LogP contribution in [0.5, 0.6) is 0 Å². The van der Waals surface area contributed by atoms with E-state index < -0.39 is 0 Å². The Morgan fingerprint density at radius 3 is 2.47 bits per heavy atom. The maximum absolute atomic E-state index is 11.3. The Hall–Kier alpha value is -0.610. The van der Waals surface area contributed by atoms with Gasteiger partial charge in [0.05, 0.1) is 6.61 Å². The van der Waals surface area contributed by atoms with Crippen LogP contribution in [0.4, 0.5) is 0 Å². The average Bonchev–Trinajstić information content (AvgIpc) is 2.23. The predicted octanol–water partition coefficient (Wildman–Crippen LogP) is 1.98. The topological polar surface area (TPSA) is 47.6 Å². The van der Waals surface area contributed by atoms with E-state index in [1.165, 1.54) is 0 Å². The number of esters is 1. The smallest absolute Gasteiger partial charge is 0.305 e. The van der Waals surface area contributed by atoms with Crippen molar-refractivity contribution in [3.05, 3.63) is 0 Å². The van der Waals surface area contributed by atoms with Gasteiger partial charge in [0.2, 0.25) is 0 Å². The standard InChI is InChI=1S/C13H27NO3/c1-11(2)10-16-8-9-17-13(15)6-5-7-14-12(3)4/h11-12,14H,5-10H2,1-4H3. The zero-order valence-corrected chi connectivity index (χ0v) is 11.6. The van der Waals surface area contributed by atoms with E-state index in [1.54, 1.807) is 0 Å². The molecule has 0 saturated heterocycles. The van der Waals surface area contributed by atoms with Crippen molar-refractivity contribution in [3.63, 3.8) is 0 Å². The fourth-order valence-electron chi connectivity index (χ4n) is 1.23. The van der Waals surface area contributed by atoms with Crippen LogP contribution in [0, 0.1) is 5.92 Å². The highest BCUT2D eigenvalue weighted by Gasteiger charge is 2.02. The van der Waals surface area contributed by atoms with Gasteiger partial charge < -0.3 is 14.8 Å². The lowest BCUT2D eigenvalue weighted by Crippen LogP contribution is -2.24. The zero-order valence-electron chi connectivity index (χ0n) is 11.6. The molecule has 0 heterocycles. The number of carbonyl (C=O) groups excluding carboxylic acids is 1. The third-order valence-electron chi connectivity index (χ3n) is 2.05. The lowest BCUT2D eigenvalue weighted by molar-refractivity contribution is -0.145.